The molecule has 0 N–H and O–H groups in total. The molecule has 0 aromatic heterocycles. The highest BCUT2D eigenvalue weighted by molar-refractivity contribution is 6.03. The highest BCUT2D eigenvalue weighted by atomic mass is 15.2. The Morgan fingerprint density at radius 2 is 0.482 bits per heavy atom. The zero-order valence-corrected chi connectivity index (χ0v) is 71.1. The minimum absolute atomic E-state index is 0. The molecule has 2 saturated carbocycles. The van der Waals surface area contributed by atoms with Crippen LogP contribution in [0.5, 0.6) is 0 Å². The second-order valence-corrected chi connectivity index (χ2v) is 31.2. The Labute approximate surface area is 697 Å². The first-order chi connectivity index (χ1) is 53.3. The van der Waals surface area contributed by atoms with Gasteiger partial charge >= 0.3 is 0 Å². The van der Waals surface area contributed by atoms with E-state index in [0.717, 1.165) is 26.2 Å². The zero-order chi connectivity index (χ0) is 79.2. The van der Waals surface area contributed by atoms with Gasteiger partial charge in [-0.2, -0.15) is 0 Å². The largest absolute Gasteiger partial charge is 0.358 e. The molecule has 6 aliphatic rings. The minimum atomic E-state index is -0.0968. The number of nitrogens with zero attached hydrogens (tertiary/aromatic N) is 4. The van der Waals surface area contributed by atoms with Crippen LogP contribution in [0.15, 0.2) is 267 Å². The van der Waals surface area contributed by atoms with E-state index in [1.807, 2.05) is 55.4 Å². The molecule has 4 heteroatoms. The van der Waals surface area contributed by atoms with Crippen LogP contribution >= 0.6 is 0 Å². The Morgan fingerprint density at radius 3 is 0.789 bits per heavy atom. The van der Waals surface area contributed by atoms with Gasteiger partial charge in [-0.3, -0.25) is 0 Å². The Hall–Kier alpha value is -9.64. The van der Waals surface area contributed by atoms with Crippen molar-refractivity contribution >= 4 is 56.2 Å². The average molecular weight is 1530 g/mol. The first kappa shape index (κ1) is 95.0. The van der Waals surface area contributed by atoms with Gasteiger partial charge in [0.1, 0.15) is 0 Å². The third-order valence-corrected chi connectivity index (χ3v) is 23.0. The van der Waals surface area contributed by atoms with Crippen LogP contribution in [0.3, 0.4) is 0 Å². The summed E-state index contributed by atoms with van der Waals surface area (Å²) in [5.74, 6) is 0. The van der Waals surface area contributed by atoms with Crippen molar-refractivity contribution in [1.29, 1.82) is 0 Å². The number of hydrogen-bond acceptors (Lipinski definition) is 4. The number of aryl methyl sites for hydroxylation is 8. The summed E-state index contributed by atoms with van der Waals surface area (Å²) in [4.78, 5) is 10.5. The van der Waals surface area contributed by atoms with Crippen LogP contribution in [0.1, 0.15) is 255 Å². The summed E-state index contributed by atoms with van der Waals surface area (Å²) in [5.41, 5.74) is 33.3. The molecule has 114 heavy (non-hydrogen) atoms. The van der Waals surface area contributed by atoms with E-state index in [1.54, 1.807) is 0 Å². The lowest BCUT2D eigenvalue weighted by Crippen LogP contribution is -2.46. The van der Waals surface area contributed by atoms with E-state index >= 15 is 0 Å². The lowest BCUT2D eigenvalue weighted by atomic mass is 9.80. The summed E-state index contributed by atoms with van der Waals surface area (Å²) >= 11 is 0. The van der Waals surface area contributed by atoms with E-state index in [0.29, 0.717) is 0 Å². The van der Waals surface area contributed by atoms with Gasteiger partial charge in [0.2, 0.25) is 0 Å². The van der Waals surface area contributed by atoms with Crippen LogP contribution in [0.2, 0.25) is 0 Å². The molecular weight excluding hydrogens is 1380 g/mol. The Bertz CT molecular complexity index is 4650. The molecule has 4 heterocycles. The molecule has 2 fully saturated rings. The van der Waals surface area contributed by atoms with Gasteiger partial charge in [-0.05, 0) is 222 Å². The van der Waals surface area contributed by atoms with Crippen molar-refractivity contribution in [1.82, 2.24) is 0 Å². The summed E-state index contributed by atoms with van der Waals surface area (Å²) in [6.07, 6.45) is 18.5. The van der Waals surface area contributed by atoms with Crippen LogP contribution in [-0.2, 0) is 0 Å². The SMILES string of the molecule is C.C.C.C.CC.CC.CC.CC.Cc1cc(C)cc(C2=C(c3ccccc3)C(C)(C)N(c3ccccc3C)C2)c1.Cc1cc(C)cc(C2=CC3(CCCCC3)N(c3ccccc3C)C2)c1.Cc1ccccc1N1CC(c2ccccc2)=C(c2ccccc2)C1(C)C.Cc1ccccc1N1CC(c2ccccc2)=CC12CCCCC2. The summed E-state index contributed by atoms with van der Waals surface area (Å²) in [6.45, 7) is 47.0. The van der Waals surface area contributed by atoms with Gasteiger partial charge in [0, 0.05) is 48.9 Å². The predicted molar refractivity (Wildman–Crippen MR) is 513 cm³/mol. The molecule has 0 saturated heterocycles. The molecule has 2 spiro atoms. The Morgan fingerprint density at radius 1 is 0.237 bits per heavy atom. The predicted octanol–water partition coefficient (Wildman–Crippen LogP) is 31.5. The molecule has 0 amide bonds. The van der Waals surface area contributed by atoms with Gasteiger partial charge in [0.15, 0.2) is 0 Å². The number of anilines is 4. The van der Waals surface area contributed by atoms with Crippen molar-refractivity contribution < 1.29 is 0 Å². The standard InChI is InChI=1S/C27H29N.C25H25N.C24H29N.C22H25N.4C2H6.4CH4/c1-19-15-20(2)17-23(16-19)24-18-28(25-14-10-9-11-21(25)3)27(4,5)26(24)22-12-7-6-8-13-22;1-19-12-10-11-17-23(19)26-18-22(20-13-6-4-7-14-20)24(25(26,2)3)21-15-8-5-9-16-21;1-18-13-19(2)15-21(14-18)22-16-24(11-7-4-8-12-24)25(17-22)23-10-6-5-9-20(23)3;1-18-10-6-7-13-21(18)23-17-20(19-11-4-2-5-12-19)16-22(23)14-8-3-9-15-22;4*1-2;;;;/h6-17H,18H2,1-5H3;4-17H,18H2,1-3H3;5-6,9-10,13-16H,4,7-8,11-12,17H2,1-3H3;2,4-7,10-13,16H,3,8-9,14-15,17H2,1H3;4*1-2H3;4*1H4. The number of para-hydroxylation sites is 4. The van der Waals surface area contributed by atoms with E-state index in [4.69, 9.17) is 0 Å². The lowest BCUT2D eigenvalue weighted by Gasteiger charge is -2.43. The first-order valence-corrected chi connectivity index (χ1v) is 42.0. The summed E-state index contributed by atoms with van der Waals surface area (Å²) in [7, 11) is 0. The molecule has 0 atom stereocenters. The normalized spacial score (nSPS) is 16.1. The molecule has 608 valence electrons. The molecule has 4 aliphatic heterocycles. The van der Waals surface area contributed by atoms with Gasteiger partial charge in [-0.1, -0.05) is 389 Å². The van der Waals surface area contributed by atoms with Gasteiger partial charge < -0.3 is 19.6 Å². The van der Waals surface area contributed by atoms with E-state index in [1.165, 1.54) is 198 Å². The maximum absolute atomic E-state index is 2.70. The highest BCUT2D eigenvalue weighted by Crippen LogP contribution is 2.51. The van der Waals surface area contributed by atoms with E-state index in [-0.39, 0.29) is 51.9 Å². The van der Waals surface area contributed by atoms with E-state index < -0.39 is 0 Å². The van der Waals surface area contributed by atoms with Gasteiger partial charge in [-0.25, -0.2) is 0 Å². The van der Waals surface area contributed by atoms with Crippen LogP contribution in [0.25, 0.3) is 33.4 Å². The molecule has 4 nitrogen and oxygen atoms in total. The second-order valence-electron chi connectivity index (χ2n) is 31.2. The topological polar surface area (TPSA) is 13.0 Å². The molecule has 10 aromatic carbocycles. The van der Waals surface area contributed by atoms with E-state index in [2.05, 4.69) is 370 Å². The molecule has 0 unspecified atom stereocenters. The second kappa shape index (κ2) is 44.3. The number of benzene rings is 10. The fourth-order valence-corrected chi connectivity index (χ4v) is 18.2. The molecule has 2 aliphatic carbocycles. The van der Waals surface area contributed by atoms with Crippen molar-refractivity contribution in [3.05, 3.63) is 345 Å². The summed E-state index contributed by atoms with van der Waals surface area (Å²) < 4.78 is 0. The maximum Gasteiger partial charge on any atom is 0.0610 e. The zero-order valence-electron chi connectivity index (χ0n) is 71.1. The highest BCUT2D eigenvalue weighted by Gasteiger charge is 2.45. The summed E-state index contributed by atoms with van der Waals surface area (Å²) in [5, 5.41) is 0. The molecule has 0 radical (unpaired) electrons. The molecule has 16 rings (SSSR count). The molecule has 0 bridgehead atoms. The summed E-state index contributed by atoms with van der Waals surface area (Å²) in [6, 6.07) is 92.6. The maximum atomic E-state index is 2.70. The van der Waals surface area contributed by atoms with Crippen molar-refractivity contribution in [2.75, 3.05) is 45.8 Å². The van der Waals surface area contributed by atoms with Gasteiger partial charge in [0.25, 0.3) is 0 Å². The molecular formula is C110H148N4. The third kappa shape index (κ3) is 21.7. The quantitative estimate of drug-likeness (QED) is 0.135. The van der Waals surface area contributed by atoms with Crippen LogP contribution in [-0.4, -0.2) is 48.3 Å². The Kier molecular flexibility index (Phi) is 36.9. The van der Waals surface area contributed by atoms with Crippen molar-refractivity contribution in [2.45, 2.75) is 255 Å². The van der Waals surface area contributed by atoms with Gasteiger partial charge in [0.05, 0.1) is 22.2 Å². The third-order valence-electron chi connectivity index (χ3n) is 23.0. The fraction of sp³-hybridized carbons (Fsp3) is 0.382. The van der Waals surface area contributed by atoms with Crippen molar-refractivity contribution in [3.8, 4) is 0 Å². The Balaban J connectivity index is 0.000000261. The molecule has 10 aromatic rings. The smallest absolute Gasteiger partial charge is 0.0610 e. The fourth-order valence-electron chi connectivity index (χ4n) is 18.2. The van der Waals surface area contributed by atoms with Crippen molar-refractivity contribution in [3.63, 3.8) is 0 Å². The van der Waals surface area contributed by atoms with Gasteiger partial charge in [-0.15, -0.1) is 0 Å². The van der Waals surface area contributed by atoms with Crippen LogP contribution in [0.4, 0.5) is 22.7 Å². The van der Waals surface area contributed by atoms with Crippen LogP contribution < -0.4 is 19.6 Å². The van der Waals surface area contributed by atoms with Crippen LogP contribution in [0, 0.1) is 55.4 Å². The van der Waals surface area contributed by atoms with Crippen molar-refractivity contribution in [2.24, 2.45) is 0 Å². The number of hydrogen-bond donors (Lipinski definition) is 0. The average Bonchev–Trinajstić information content (AvgIpc) is 1.61. The van der Waals surface area contributed by atoms with E-state index in [9.17, 15) is 0 Å². The lowest BCUT2D eigenvalue weighted by molar-refractivity contribution is 0.349. The monoisotopic (exact) mass is 1530 g/mol. The minimum Gasteiger partial charge on any atom is -0.358 e. The first-order valence-electron chi connectivity index (χ1n) is 42.0. The number of rotatable bonds is 10.